The molecule has 0 aliphatic rings. The smallest absolute Gasteiger partial charge is 0.237 e. The first-order chi connectivity index (χ1) is 13.3. The Morgan fingerprint density at radius 3 is 2.32 bits per heavy atom. The van der Waals surface area contributed by atoms with Crippen molar-refractivity contribution in [2.45, 2.75) is 51.9 Å². The van der Waals surface area contributed by atoms with Crippen LogP contribution in [0, 0.1) is 34.6 Å². The van der Waals surface area contributed by atoms with Crippen molar-refractivity contribution in [2.24, 2.45) is 0 Å². The van der Waals surface area contributed by atoms with Gasteiger partial charge in [-0.05, 0) is 86.4 Å². The molecule has 0 aliphatic carbocycles. The normalized spacial score (nSPS) is 12.1. The largest absolute Gasteiger partial charge is 0.325 e. The average molecular weight is 396 g/mol. The van der Waals surface area contributed by atoms with E-state index in [1.165, 1.54) is 28.5 Å². The molecule has 1 atom stereocenters. The fourth-order valence-electron chi connectivity index (χ4n) is 3.09. The average Bonchev–Trinajstić information content (AvgIpc) is 3.08. The Balaban J connectivity index is 1.77. The molecule has 3 rings (SSSR count). The predicted octanol–water partition coefficient (Wildman–Crippen LogP) is 4.32. The molecular weight excluding hydrogens is 370 g/mol. The molecule has 28 heavy (non-hydrogen) atoms. The Hall–Kier alpha value is -2.67. The number of nitrogens with zero attached hydrogens (tertiary/aromatic N) is 4. The highest BCUT2D eigenvalue weighted by Crippen LogP contribution is 2.27. The number of thioether (sulfide) groups is 1. The highest BCUT2D eigenvalue weighted by atomic mass is 32.2. The number of aromatic nitrogens is 4. The number of tetrazole rings is 1. The van der Waals surface area contributed by atoms with E-state index in [9.17, 15) is 4.79 Å². The number of carbonyl (C=O) groups is 1. The molecular formula is C21H25N5OS. The molecule has 1 unspecified atom stereocenters. The summed E-state index contributed by atoms with van der Waals surface area (Å²) >= 11 is 1.34. The van der Waals surface area contributed by atoms with E-state index < -0.39 is 0 Å². The van der Waals surface area contributed by atoms with Crippen LogP contribution in [0.4, 0.5) is 5.69 Å². The van der Waals surface area contributed by atoms with Gasteiger partial charge in [-0.3, -0.25) is 4.79 Å². The Kier molecular flexibility index (Phi) is 5.84. The van der Waals surface area contributed by atoms with E-state index in [1.54, 1.807) is 4.68 Å². The topological polar surface area (TPSA) is 72.7 Å². The van der Waals surface area contributed by atoms with Crippen LogP contribution in [-0.4, -0.2) is 31.4 Å². The van der Waals surface area contributed by atoms with Crippen molar-refractivity contribution in [2.75, 3.05) is 5.32 Å². The van der Waals surface area contributed by atoms with E-state index in [0.29, 0.717) is 5.16 Å². The van der Waals surface area contributed by atoms with Crippen molar-refractivity contribution < 1.29 is 4.79 Å². The van der Waals surface area contributed by atoms with Crippen LogP contribution < -0.4 is 5.32 Å². The van der Waals surface area contributed by atoms with Gasteiger partial charge in [-0.1, -0.05) is 35.5 Å². The molecule has 6 nitrogen and oxygen atoms in total. The lowest BCUT2D eigenvalue weighted by molar-refractivity contribution is -0.115. The van der Waals surface area contributed by atoms with Gasteiger partial charge in [-0.15, -0.1) is 5.10 Å². The summed E-state index contributed by atoms with van der Waals surface area (Å²) in [7, 11) is 0. The standard InChI is InChI=1S/C21H25N5OS/c1-12-9-15(4)19(16(5)10-12)22-20(27)17(6)28-21-23-24-25-26(21)18-8-7-13(2)14(3)11-18/h7-11,17H,1-6H3,(H,22,27). The minimum Gasteiger partial charge on any atom is -0.325 e. The first kappa shape index (κ1) is 20.1. The highest BCUT2D eigenvalue weighted by Gasteiger charge is 2.20. The molecule has 0 bridgehead atoms. The van der Waals surface area contributed by atoms with E-state index in [0.717, 1.165) is 22.5 Å². The third-order valence-corrected chi connectivity index (χ3v) is 5.79. The van der Waals surface area contributed by atoms with Gasteiger partial charge >= 0.3 is 0 Å². The van der Waals surface area contributed by atoms with E-state index in [1.807, 2.05) is 39.0 Å². The molecule has 0 fully saturated rings. The number of aryl methyl sites for hydroxylation is 5. The molecule has 1 amide bonds. The van der Waals surface area contributed by atoms with Gasteiger partial charge in [-0.2, -0.15) is 4.68 Å². The fraction of sp³-hybridized carbons (Fsp3) is 0.333. The third-order valence-electron chi connectivity index (χ3n) is 4.75. The number of benzene rings is 2. The minimum atomic E-state index is -0.351. The Morgan fingerprint density at radius 2 is 1.68 bits per heavy atom. The Bertz CT molecular complexity index is 1000. The molecule has 3 aromatic rings. The summed E-state index contributed by atoms with van der Waals surface area (Å²) in [6.45, 7) is 12.0. The minimum absolute atomic E-state index is 0.0744. The Morgan fingerprint density at radius 1 is 1.00 bits per heavy atom. The van der Waals surface area contributed by atoms with Crippen molar-refractivity contribution in [1.82, 2.24) is 20.2 Å². The summed E-state index contributed by atoms with van der Waals surface area (Å²) < 4.78 is 1.67. The maximum Gasteiger partial charge on any atom is 0.237 e. The summed E-state index contributed by atoms with van der Waals surface area (Å²) in [6.07, 6.45) is 0. The van der Waals surface area contributed by atoms with E-state index in [2.05, 4.69) is 53.7 Å². The van der Waals surface area contributed by atoms with Gasteiger partial charge in [0.2, 0.25) is 11.1 Å². The zero-order chi connectivity index (χ0) is 20.4. The number of rotatable bonds is 5. The monoisotopic (exact) mass is 395 g/mol. The van der Waals surface area contributed by atoms with Gasteiger partial charge in [0.1, 0.15) is 0 Å². The van der Waals surface area contributed by atoms with Gasteiger partial charge < -0.3 is 5.32 Å². The van der Waals surface area contributed by atoms with Crippen molar-refractivity contribution in [3.05, 3.63) is 58.1 Å². The van der Waals surface area contributed by atoms with Gasteiger partial charge in [0.15, 0.2) is 0 Å². The quantitative estimate of drug-likeness (QED) is 0.651. The number of anilines is 1. The molecule has 0 saturated carbocycles. The number of hydrogen-bond donors (Lipinski definition) is 1. The molecule has 1 heterocycles. The second-order valence-corrected chi connectivity index (χ2v) is 8.47. The zero-order valence-electron chi connectivity index (χ0n) is 17.1. The zero-order valence-corrected chi connectivity index (χ0v) is 17.9. The summed E-state index contributed by atoms with van der Waals surface area (Å²) in [5.41, 5.74) is 7.43. The van der Waals surface area contributed by atoms with Gasteiger partial charge in [0.05, 0.1) is 10.9 Å². The Labute approximate surface area is 169 Å². The molecule has 146 valence electrons. The van der Waals surface area contributed by atoms with Crippen LogP contribution in [0.5, 0.6) is 0 Å². The van der Waals surface area contributed by atoms with Crippen molar-refractivity contribution in [3.8, 4) is 5.69 Å². The van der Waals surface area contributed by atoms with E-state index >= 15 is 0 Å². The summed E-state index contributed by atoms with van der Waals surface area (Å²) in [5.74, 6) is -0.0744. The van der Waals surface area contributed by atoms with Crippen LogP contribution in [0.1, 0.15) is 34.7 Å². The summed E-state index contributed by atoms with van der Waals surface area (Å²) in [6, 6.07) is 10.2. The van der Waals surface area contributed by atoms with Crippen LogP contribution in [0.3, 0.4) is 0 Å². The molecule has 0 aliphatic heterocycles. The summed E-state index contributed by atoms with van der Waals surface area (Å²) in [5, 5.41) is 15.3. The highest BCUT2D eigenvalue weighted by molar-refractivity contribution is 8.00. The van der Waals surface area contributed by atoms with Crippen LogP contribution in [0.2, 0.25) is 0 Å². The molecule has 0 saturated heterocycles. The molecule has 0 spiro atoms. The molecule has 1 aromatic heterocycles. The number of nitrogens with one attached hydrogen (secondary N) is 1. The molecule has 2 aromatic carbocycles. The number of carbonyl (C=O) groups excluding carboxylic acids is 1. The number of amides is 1. The van der Waals surface area contributed by atoms with Crippen LogP contribution >= 0.6 is 11.8 Å². The lowest BCUT2D eigenvalue weighted by Gasteiger charge is -2.16. The van der Waals surface area contributed by atoms with Crippen molar-refractivity contribution in [3.63, 3.8) is 0 Å². The maximum atomic E-state index is 12.8. The van der Waals surface area contributed by atoms with Crippen LogP contribution in [0.25, 0.3) is 5.69 Å². The molecule has 1 N–H and O–H groups in total. The first-order valence-electron chi connectivity index (χ1n) is 9.17. The molecule has 7 heteroatoms. The third kappa shape index (κ3) is 4.25. The maximum absolute atomic E-state index is 12.8. The van der Waals surface area contributed by atoms with Crippen LogP contribution in [0.15, 0.2) is 35.5 Å². The summed E-state index contributed by atoms with van der Waals surface area (Å²) in [4.78, 5) is 12.8. The fourth-order valence-corrected chi connectivity index (χ4v) is 3.89. The number of hydrogen-bond acceptors (Lipinski definition) is 5. The second-order valence-electron chi connectivity index (χ2n) is 7.16. The lowest BCUT2D eigenvalue weighted by atomic mass is 10.1. The van der Waals surface area contributed by atoms with Crippen molar-refractivity contribution in [1.29, 1.82) is 0 Å². The van der Waals surface area contributed by atoms with Gasteiger partial charge in [-0.25, -0.2) is 0 Å². The van der Waals surface area contributed by atoms with E-state index in [-0.39, 0.29) is 11.2 Å². The van der Waals surface area contributed by atoms with Gasteiger partial charge in [0.25, 0.3) is 0 Å². The van der Waals surface area contributed by atoms with Crippen LogP contribution in [-0.2, 0) is 4.79 Å². The van der Waals surface area contributed by atoms with Gasteiger partial charge in [0, 0.05) is 5.69 Å². The first-order valence-corrected chi connectivity index (χ1v) is 10.1. The molecule has 0 radical (unpaired) electrons. The van der Waals surface area contributed by atoms with Crippen molar-refractivity contribution >= 4 is 23.4 Å². The lowest BCUT2D eigenvalue weighted by Crippen LogP contribution is -2.24. The predicted molar refractivity (Wildman–Crippen MR) is 113 cm³/mol. The SMILES string of the molecule is Cc1cc(C)c(NC(=O)C(C)Sc2nnnn2-c2ccc(C)c(C)c2)c(C)c1. The second kappa shape index (κ2) is 8.14. The van der Waals surface area contributed by atoms with E-state index in [4.69, 9.17) is 0 Å².